The summed E-state index contributed by atoms with van der Waals surface area (Å²) in [6, 6.07) is 10.3. The molecule has 3 rings (SSSR count). The zero-order valence-corrected chi connectivity index (χ0v) is 19.1. The molecular formula is C22H24N4O5S. The molecule has 0 bridgehead atoms. The molecule has 1 aromatic heterocycles. The van der Waals surface area contributed by atoms with Gasteiger partial charge in [0.05, 0.1) is 29.3 Å². The molecule has 1 heterocycles. The van der Waals surface area contributed by atoms with E-state index < -0.39 is 10.8 Å². The number of carbonyl (C=O) groups is 1. The molecule has 3 aromatic rings. The van der Waals surface area contributed by atoms with Crippen LogP contribution >= 0.6 is 11.3 Å². The highest BCUT2D eigenvalue weighted by Crippen LogP contribution is 2.36. The van der Waals surface area contributed by atoms with Crippen molar-refractivity contribution in [1.82, 2.24) is 9.88 Å². The second kappa shape index (κ2) is 10.1. The molecule has 0 fully saturated rings. The molecule has 1 amide bonds. The maximum absolute atomic E-state index is 13.1. The van der Waals surface area contributed by atoms with Crippen molar-refractivity contribution >= 4 is 28.6 Å². The average molecular weight is 457 g/mol. The summed E-state index contributed by atoms with van der Waals surface area (Å²) < 4.78 is 11.0. The van der Waals surface area contributed by atoms with Gasteiger partial charge in [-0.05, 0) is 17.7 Å². The molecule has 0 aliphatic carbocycles. The fraction of sp³-hybridized carbons (Fsp3) is 0.273. The summed E-state index contributed by atoms with van der Waals surface area (Å²) in [4.78, 5) is 31.7. The van der Waals surface area contributed by atoms with E-state index in [1.54, 1.807) is 12.6 Å². The van der Waals surface area contributed by atoms with E-state index >= 15 is 0 Å². The van der Waals surface area contributed by atoms with Gasteiger partial charge in [0.15, 0.2) is 11.5 Å². The second-order valence-electron chi connectivity index (χ2n) is 7.27. The van der Waals surface area contributed by atoms with Gasteiger partial charge in [0.25, 0.3) is 11.6 Å². The third-order valence-corrected chi connectivity index (χ3v) is 5.42. The zero-order chi connectivity index (χ0) is 23.3. The van der Waals surface area contributed by atoms with Gasteiger partial charge in [-0.1, -0.05) is 12.1 Å². The lowest BCUT2D eigenvalue weighted by atomic mass is 10.1. The molecule has 0 unspecified atom stereocenters. The molecule has 0 aliphatic heterocycles. The van der Waals surface area contributed by atoms with Crippen molar-refractivity contribution in [1.29, 1.82) is 0 Å². The fourth-order valence-corrected chi connectivity index (χ4v) is 3.60. The maximum atomic E-state index is 13.1. The van der Waals surface area contributed by atoms with E-state index in [-0.39, 0.29) is 29.4 Å². The zero-order valence-electron chi connectivity index (χ0n) is 18.3. The van der Waals surface area contributed by atoms with Gasteiger partial charge >= 0.3 is 0 Å². The Hall–Kier alpha value is -3.66. The summed E-state index contributed by atoms with van der Waals surface area (Å²) in [7, 11) is 6.91. The summed E-state index contributed by atoms with van der Waals surface area (Å²) in [6.07, 6.45) is 0. The van der Waals surface area contributed by atoms with Crippen LogP contribution in [-0.2, 0) is 13.2 Å². The van der Waals surface area contributed by atoms with Gasteiger partial charge in [0.1, 0.15) is 12.2 Å². The number of amides is 1. The lowest BCUT2D eigenvalue weighted by Gasteiger charge is -2.19. The van der Waals surface area contributed by atoms with Crippen molar-refractivity contribution in [3.05, 3.63) is 74.2 Å². The molecule has 0 radical (unpaired) electrons. The van der Waals surface area contributed by atoms with E-state index in [4.69, 9.17) is 9.47 Å². The quantitative estimate of drug-likeness (QED) is 0.355. The maximum Gasteiger partial charge on any atom is 0.286 e. The lowest BCUT2D eigenvalue weighted by Crippen LogP contribution is -2.27. The number of nitro benzene ring substituents is 1. The van der Waals surface area contributed by atoms with Crippen LogP contribution in [-0.4, -0.2) is 49.0 Å². The minimum atomic E-state index is -0.595. The number of anilines is 1. The van der Waals surface area contributed by atoms with E-state index in [0.717, 1.165) is 11.3 Å². The number of methoxy groups -OCH3 is 1. The third-order valence-electron chi connectivity index (χ3n) is 4.79. The monoisotopic (exact) mass is 456 g/mol. The van der Waals surface area contributed by atoms with Gasteiger partial charge in [0.2, 0.25) is 0 Å². The van der Waals surface area contributed by atoms with Crippen LogP contribution in [0.1, 0.15) is 21.6 Å². The Kier molecular flexibility index (Phi) is 7.26. The van der Waals surface area contributed by atoms with Crippen molar-refractivity contribution in [2.24, 2.45) is 0 Å². The third kappa shape index (κ3) is 5.33. The molecule has 168 valence electrons. The number of hydrogen-bond donors (Lipinski definition) is 0. The number of nitro groups is 1. The molecule has 0 saturated carbocycles. The van der Waals surface area contributed by atoms with Crippen LogP contribution in [0, 0.1) is 10.1 Å². The van der Waals surface area contributed by atoms with Gasteiger partial charge < -0.3 is 19.3 Å². The van der Waals surface area contributed by atoms with E-state index in [1.807, 2.05) is 48.6 Å². The lowest BCUT2D eigenvalue weighted by molar-refractivity contribution is -0.385. The number of benzene rings is 2. The van der Waals surface area contributed by atoms with Crippen molar-refractivity contribution in [2.45, 2.75) is 13.2 Å². The van der Waals surface area contributed by atoms with E-state index in [0.29, 0.717) is 12.2 Å². The molecule has 9 nitrogen and oxygen atoms in total. The fourth-order valence-electron chi connectivity index (χ4n) is 3.06. The van der Waals surface area contributed by atoms with E-state index in [1.165, 1.54) is 35.5 Å². The molecule has 0 spiro atoms. The van der Waals surface area contributed by atoms with Crippen molar-refractivity contribution in [3.63, 3.8) is 0 Å². The van der Waals surface area contributed by atoms with Gasteiger partial charge in [0, 0.05) is 44.8 Å². The Balaban J connectivity index is 1.84. The Morgan fingerprint density at radius 1 is 1.16 bits per heavy atom. The van der Waals surface area contributed by atoms with Gasteiger partial charge in [-0.15, -0.1) is 11.3 Å². The molecule has 0 atom stereocenters. The summed E-state index contributed by atoms with van der Waals surface area (Å²) in [6.45, 7) is 0.432. The molecular weight excluding hydrogens is 432 g/mol. The topological polar surface area (TPSA) is 98.0 Å². The van der Waals surface area contributed by atoms with E-state index in [2.05, 4.69) is 4.98 Å². The second-order valence-corrected chi connectivity index (χ2v) is 7.99. The number of hydrogen-bond acceptors (Lipinski definition) is 8. The number of aromatic nitrogens is 1. The minimum absolute atomic E-state index is 0.0692. The first-order valence-electron chi connectivity index (χ1n) is 9.68. The van der Waals surface area contributed by atoms with Crippen LogP contribution in [0.2, 0.25) is 0 Å². The molecule has 2 aromatic carbocycles. The number of ether oxygens (including phenoxy) is 2. The normalized spacial score (nSPS) is 10.5. The van der Waals surface area contributed by atoms with Gasteiger partial charge in [-0.2, -0.15) is 0 Å². The first-order valence-corrected chi connectivity index (χ1v) is 10.6. The number of nitrogens with zero attached hydrogens (tertiary/aromatic N) is 4. The van der Waals surface area contributed by atoms with Crippen molar-refractivity contribution < 1.29 is 19.2 Å². The summed E-state index contributed by atoms with van der Waals surface area (Å²) in [5.41, 5.74) is 3.89. The Morgan fingerprint density at radius 2 is 1.88 bits per heavy atom. The highest BCUT2D eigenvalue weighted by atomic mass is 32.1. The predicted octanol–water partition coefficient (Wildman–Crippen LogP) is 3.98. The highest BCUT2D eigenvalue weighted by molar-refractivity contribution is 7.07. The van der Waals surface area contributed by atoms with Crippen LogP contribution in [0.15, 0.2) is 47.3 Å². The number of thiazole rings is 1. The standard InChI is InChI=1S/C22H24N4O5S/c1-24(2)17-7-5-15(6-8-17)11-25(3)22(27)18-9-20(30-4)21(10-19(18)26(28)29)31-12-16-13-32-14-23-16/h5-10,13-14H,11-12H2,1-4H3. The first-order chi connectivity index (χ1) is 15.3. The first kappa shape index (κ1) is 23.0. The molecule has 0 saturated heterocycles. The van der Waals surface area contributed by atoms with E-state index in [9.17, 15) is 14.9 Å². The van der Waals surface area contributed by atoms with Crippen LogP contribution < -0.4 is 14.4 Å². The Bertz CT molecular complexity index is 1080. The summed E-state index contributed by atoms with van der Waals surface area (Å²) in [5, 5.41) is 13.5. The van der Waals surface area contributed by atoms with Crippen LogP contribution in [0.5, 0.6) is 11.5 Å². The smallest absolute Gasteiger partial charge is 0.286 e. The van der Waals surface area contributed by atoms with Gasteiger partial charge in [-0.3, -0.25) is 14.9 Å². The van der Waals surface area contributed by atoms with Crippen molar-refractivity contribution in [2.75, 3.05) is 33.2 Å². The average Bonchev–Trinajstić information content (AvgIpc) is 3.30. The molecule has 10 heteroatoms. The van der Waals surface area contributed by atoms with Crippen LogP contribution in [0.3, 0.4) is 0 Å². The Morgan fingerprint density at radius 3 is 2.44 bits per heavy atom. The largest absolute Gasteiger partial charge is 0.493 e. The highest BCUT2D eigenvalue weighted by Gasteiger charge is 2.27. The minimum Gasteiger partial charge on any atom is -0.493 e. The molecule has 0 aliphatic rings. The summed E-state index contributed by atoms with van der Waals surface area (Å²) in [5.74, 6) is -0.0821. The molecule has 0 N–H and O–H groups in total. The van der Waals surface area contributed by atoms with Crippen LogP contribution in [0.4, 0.5) is 11.4 Å². The number of rotatable bonds is 9. The molecule has 32 heavy (non-hydrogen) atoms. The van der Waals surface area contributed by atoms with Crippen molar-refractivity contribution in [3.8, 4) is 11.5 Å². The number of carbonyl (C=O) groups excluding carboxylic acids is 1. The Labute approximate surface area is 190 Å². The summed E-state index contributed by atoms with van der Waals surface area (Å²) >= 11 is 1.42. The van der Waals surface area contributed by atoms with Gasteiger partial charge in [-0.25, -0.2) is 4.98 Å². The van der Waals surface area contributed by atoms with Crippen LogP contribution in [0.25, 0.3) is 0 Å². The predicted molar refractivity (Wildman–Crippen MR) is 123 cm³/mol. The SMILES string of the molecule is COc1cc(C(=O)N(C)Cc2ccc(N(C)C)cc2)c([N+](=O)[O-])cc1OCc1cscn1.